The van der Waals surface area contributed by atoms with Crippen molar-refractivity contribution in [3.63, 3.8) is 0 Å². The molecule has 0 saturated carbocycles. The largest absolute Gasteiger partial charge is 0.481 e. The lowest BCUT2D eigenvalue weighted by atomic mass is 10.1. The summed E-state index contributed by atoms with van der Waals surface area (Å²) in [5, 5.41) is 24.0. The van der Waals surface area contributed by atoms with E-state index in [0.29, 0.717) is 0 Å². The molecule has 25 heavy (non-hydrogen) atoms. The normalized spacial score (nSPS) is 14.1. The van der Waals surface area contributed by atoms with Gasteiger partial charge in [0.15, 0.2) is 0 Å². The van der Waals surface area contributed by atoms with Crippen LogP contribution < -0.4 is 21.7 Å². The zero-order valence-corrected chi connectivity index (χ0v) is 14.2. The highest BCUT2D eigenvalue weighted by Gasteiger charge is 2.26. The summed E-state index contributed by atoms with van der Waals surface area (Å²) < 4.78 is 0. The molecule has 11 nitrogen and oxygen atoms in total. The molecule has 0 fully saturated rings. The summed E-state index contributed by atoms with van der Waals surface area (Å²) in [4.78, 5) is 56.6. The van der Waals surface area contributed by atoms with Crippen molar-refractivity contribution in [2.24, 2.45) is 11.7 Å². The van der Waals surface area contributed by atoms with E-state index in [0.717, 1.165) is 0 Å². The van der Waals surface area contributed by atoms with Crippen LogP contribution in [0.2, 0.25) is 0 Å². The van der Waals surface area contributed by atoms with Gasteiger partial charge < -0.3 is 31.9 Å². The lowest BCUT2D eigenvalue weighted by molar-refractivity contribution is -0.147. The standard InChI is InChI=1S/C14H24N4O7/c1-6(2)11(15)13(23)16-5-9(19)17-7(3)12(22)18-8(14(24)25)4-10(20)21/h6-8,11H,4-5,15H2,1-3H3,(H,16,23)(H,17,19)(H,18,22)(H,20,21)(H,24,25). The third-order valence-corrected chi connectivity index (χ3v) is 3.21. The lowest BCUT2D eigenvalue weighted by Crippen LogP contribution is -2.53. The zero-order chi connectivity index (χ0) is 19.7. The van der Waals surface area contributed by atoms with Crippen LogP contribution in [-0.2, 0) is 24.0 Å². The first-order valence-corrected chi connectivity index (χ1v) is 7.53. The maximum absolute atomic E-state index is 11.8. The van der Waals surface area contributed by atoms with Gasteiger partial charge in [0.1, 0.15) is 12.1 Å². The summed E-state index contributed by atoms with van der Waals surface area (Å²) >= 11 is 0. The summed E-state index contributed by atoms with van der Waals surface area (Å²) in [5.74, 6) is -5.09. The second-order valence-corrected chi connectivity index (χ2v) is 5.77. The van der Waals surface area contributed by atoms with Crippen molar-refractivity contribution in [2.75, 3.05) is 6.54 Å². The van der Waals surface area contributed by atoms with E-state index in [2.05, 4.69) is 10.6 Å². The number of rotatable bonds is 10. The van der Waals surface area contributed by atoms with Gasteiger partial charge in [-0.05, 0) is 12.8 Å². The van der Waals surface area contributed by atoms with Gasteiger partial charge in [0.25, 0.3) is 0 Å². The second-order valence-electron chi connectivity index (χ2n) is 5.77. The number of carboxylic acid groups (broad SMARTS) is 2. The third kappa shape index (κ3) is 8.65. The lowest BCUT2D eigenvalue weighted by Gasteiger charge is -2.18. The average molecular weight is 360 g/mol. The van der Waals surface area contributed by atoms with Crippen LogP contribution in [0.25, 0.3) is 0 Å². The van der Waals surface area contributed by atoms with Crippen molar-refractivity contribution in [3.05, 3.63) is 0 Å². The smallest absolute Gasteiger partial charge is 0.326 e. The minimum absolute atomic E-state index is 0.116. The molecular formula is C14H24N4O7. The van der Waals surface area contributed by atoms with E-state index in [1.807, 2.05) is 5.32 Å². The fourth-order valence-corrected chi connectivity index (χ4v) is 1.62. The maximum atomic E-state index is 11.8. The van der Waals surface area contributed by atoms with Gasteiger partial charge in [-0.1, -0.05) is 13.8 Å². The van der Waals surface area contributed by atoms with Crippen LogP contribution in [0.4, 0.5) is 0 Å². The molecule has 3 unspecified atom stereocenters. The third-order valence-electron chi connectivity index (χ3n) is 3.21. The molecule has 0 aliphatic rings. The molecule has 3 amide bonds. The van der Waals surface area contributed by atoms with Crippen molar-refractivity contribution in [1.29, 1.82) is 0 Å². The summed E-state index contributed by atoms with van der Waals surface area (Å²) in [7, 11) is 0. The van der Waals surface area contributed by atoms with E-state index >= 15 is 0 Å². The number of hydrogen-bond donors (Lipinski definition) is 6. The van der Waals surface area contributed by atoms with Gasteiger partial charge >= 0.3 is 11.9 Å². The van der Waals surface area contributed by atoms with Crippen LogP contribution in [-0.4, -0.2) is 64.5 Å². The Morgan fingerprint density at radius 1 is 0.960 bits per heavy atom. The van der Waals surface area contributed by atoms with Crippen molar-refractivity contribution in [3.8, 4) is 0 Å². The van der Waals surface area contributed by atoms with E-state index in [1.165, 1.54) is 6.92 Å². The molecule has 11 heteroatoms. The first-order chi connectivity index (χ1) is 11.5. The molecule has 0 radical (unpaired) electrons. The Hall–Kier alpha value is -2.69. The Morgan fingerprint density at radius 3 is 1.96 bits per heavy atom. The number of carbonyl (C=O) groups is 5. The number of aliphatic carboxylic acids is 2. The molecule has 0 aromatic rings. The Kier molecular flexibility index (Phi) is 9.13. The van der Waals surface area contributed by atoms with E-state index in [9.17, 15) is 24.0 Å². The number of carboxylic acids is 2. The Morgan fingerprint density at radius 2 is 1.52 bits per heavy atom. The summed E-state index contributed by atoms with van der Waals surface area (Å²) in [6.45, 7) is 4.36. The van der Waals surface area contributed by atoms with Crippen LogP contribution >= 0.6 is 0 Å². The molecule has 7 N–H and O–H groups in total. The van der Waals surface area contributed by atoms with Crippen molar-refractivity contribution in [1.82, 2.24) is 16.0 Å². The first-order valence-electron chi connectivity index (χ1n) is 7.53. The quantitative estimate of drug-likeness (QED) is 0.249. The van der Waals surface area contributed by atoms with Crippen LogP contribution in [0.15, 0.2) is 0 Å². The Labute approximate surface area is 144 Å². The number of nitrogens with two attached hydrogens (primary N) is 1. The van der Waals surface area contributed by atoms with Crippen LogP contribution in [0.5, 0.6) is 0 Å². The highest BCUT2D eigenvalue weighted by atomic mass is 16.4. The fourth-order valence-electron chi connectivity index (χ4n) is 1.62. The van der Waals surface area contributed by atoms with Gasteiger partial charge in [-0.2, -0.15) is 0 Å². The Bertz CT molecular complexity index is 535. The number of amides is 3. The summed E-state index contributed by atoms with van der Waals surface area (Å²) in [5.41, 5.74) is 5.61. The maximum Gasteiger partial charge on any atom is 0.326 e. The van der Waals surface area contributed by atoms with Crippen LogP contribution in [0.1, 0.15) is 27.2 Å². The molecule has 0 spiro atoms. The zero-order valence-electron chi connectivity index (χ0n) is 14.2. The molecule has 3 atom stereocenters. The van der Waals surface area contributed by atoms with Gasteiger partial charge in [0.05, 0.1) is 19.0 Å². The highest BCUT2D eigenvalue weighted by Crippen LogP contribution is 1.97. The first kappa shape index (κ1) is 22.3. The molecule has 142 valence electrons. The number of carbonyl (C=O) groups excluding carboxylic acids is 3. The summed E-state index contributed by atoms with van der Waals surface area (Å²) in [6.07, 6.45) is -0.801. The molecule has 0 rings (SSSR count). The van der Waals surface area contributed by atoms with Crippen LogP contribution in [0, 0.1) is 5.92 Å². The SMILES string of the molecule is CC(NC(=O)CNC(=O)C(N)C(C)C)C(=O)NC(CC(=O)O)C(=O)O. The van der Waals surface area contributed by atoms with Gasteiger partial charge in [-0.3, -0.25) is 19.2 Å². The minimum Gasteiger partial charge on any atom is -0.481 e. The second kappa shape index (κ2) is 10.2. The molecule has 0 bridgehead atoms. The van der Waals surface area contributed by atoms with Gasteiger partial charge in [0.2, 0.25) is 17.7 Å². The van der Waals surface area contributed by atoms with Gasteiger partial charge in [0, 0.05) is 0 Å². The fraction of sp³-hybridized carbons (Fsp3) is 0.643. The van der Waals surface area contributed by atoms with Crippen molar-refractivity contribution < 1.29 is 34.2 Å². The van der Waals surface area contributed by atoms with Crippen molar-refractivity contribution in [2.45, 2.75) is 45.3 Å². The molecular weight excluding hydrogens is 336 g/mol. The molecule has 0 aliphatic carbocycles. The number of nitrogens with one attached hydrogen (secondary N) is 3. The topological polar surface area (TPSA) is 188 Å². The monoisotopic (exact) mass is 360 g/mol. The summed E-state index contributed by atoms with van der Waals surface area (Å²) in [6, 6.07) is -3.52. The Balaban J connectivity index is 4.46. The molecule has 0 heterocycles. The molecule has 0 aromatic heterocycles. The predicted octanol–water partition coefficient (Wildman–Crippen LogP) is -2.37. The predicted molar refractivity (Wildman–Crippen MR) is 85.2 cm³/mol. The highest BCUT2D eigenvalue weighted by molar-refractivity contribution is 5.93. The molecule has 0 aliphatic heterocycles. The van der Waals surface area contributed by atoms with Gasteiger partial charge in [-0.25, -0.2) is 4.79 Å². The van der Waals surface area contributed by atoms with E-state index in [1.54, 1.807) is 13.8 Å². The minimum atomic E-state index is -1.62. The van der Waals surface area contributed by atoms with Crippen LogP contribution in [0.3, 0.4) is 0 Å². The number of hydrogen-bond acceptors (Lipinski definition) is 6. The van der Waals surface area contributed by atoms with E-state index in [4.69, 9.17) is 15.9 Å². The van der Waals surface area contributed by atoms with E-state index < -0.39 is 60.8 Å². The average Bonchev–Trinajstić information content (AvgIpc) is 2.50. The molecule has 0 saturated heterocycles. The van der Waals surface area contributed by atoms with E-state index in [-0.39, 0.29) is 5.92 Å². The molecule has 0 aromatic carbocycles. The van der Waals surface area contributed by atoms with Gasteiger partial charge in [-0.15, -0.1) is 0 Å². The van der Waals surface area contributed by atoms with Crippen molar-refractivity contribution >= 4 is 29.7 Å².